The van der Waals surface area contributed by atoms with Crippen molar-refractivity contribution in [3.63, 3.8) is 0 Å². The third kappa shape index (κ3) is 4.21. The number of ether oxygens (including phenoxy) is 1. The molecular formula is C25H28N4O2. The van der Waals surface area contributed by atoms with Gasteiger partial charge in [-0.05, 0) is 41.7 Å². The van der Waals surface area contributed by atoms with Crippen LogP contribution in [0.5, 0.6) is 5.75 Å². The summed E-state index contributed by atoms with van der Waals surface area (Å²) in [5.41, 5.74) is 5.78. The lowest BCUT2D eigenvalue weighted by Gasteiger charge is -2.29. The molecule has 0 fully saturated rings. The topological polar surface area (TPSA) is 61.5 Å². The van der Waals surface area contributed by atoms with Gasteiger partial charge >= 0.3 is 0 Å². The molecule has 6 nitrogen and oxygen atoms in total. The number of aromatic nitrogens is 2. The smallest absolute Gasteiger partial charge is 0.255 e. The first-order chi connectivity index (χ1) is 15.2. The first-order valence-electron chi connectivity index (χ1n) is 11.0. The molecule has 0 unspecified atom stereocenters. The van der Waals surface area contributed by atoms with Crippen LogP contribution in [0.25, 0.3) is 0 Å². The van der Waals surface area contributed by atoms with Gasteiger partial charge in [0.2, 0.25) is 5.95 Å². The van der Waals surface area contributed by atoms with E-state index in [2.05, 4.69) is 51.2 Å². The Hall–Kier alpha value is -3.12. The maximum Gasteiger partial charge on any atom is 0.255 e. The molecule has 5 rings (SSSR count). The lowest BCUT2D eigenvalue weighted by molar-refractivity contribution is 0.278. The van der Waals surface area contributed by atoms with Crippen LogP contribution in [0.3, 0.4) is 0 Å². The summed E-state index contributed by atoms with van der Waals surface area (Å²) >= 11 is 0. The zero-order valence-corrected chi connectivity index (χ0v) is 17.9. The number of aromatic amines is 1. The second kappa shape index (κ2) is 8.55. The van der Waals surface area contributed by atoms with E-state index in [0.29, 0.717) is 5.95 Å². The molecule has 31 heavy (non-hydrogen) atoms. The number of anilines is 1. The zero-order chi connectivity index (χ0) is 21.2. The van der Waals surface area contributed by atoms with Gasteiger partial charge in [-0.3, -0.25) is 14.7 Å². The summed E-state index contributed by atoms with van der Waals surface area (Å²) in [5, 5.41) is 0. The van der Waals surface area contributed by atoms with Crippen LogP contribution in [0.1, 0.15) is 27.9 Å². The standard InChI is InChI=1S/C25H28N4O2/c1-31-21-8-6-18(7-9-21)16-28-13-11-22-23(12-14-28)26-25(27-24(22)30)29-15-10-19-4-2-3-5-20(19)17-29/h2-9H,10-17H2,1H3,(H,26,27,30). The Morgan fingerprint density at radius 2 is 1.74 bits per heavy atom. The van der Waals surface area contributed by atoms with E-state index in [-0.39, 0.29) is 5.56 Å². The summed E-state index contributed by atoms with van der Waals surface area (Å²) in [7, 11) is 1.68. The maximum absolute atomic E-state index is 12.9. The minimum atomic E-state index is 0.0187. The summed E-state index contributed by atoms with van der Waals surface area (Å²) in [5.74, 6) is 1.58. The molecule has 0 saturated carbocycles. The van der Waals surface area contributed by atoms with Gasteiger partial charge in [0.15, 0.2) is 0 Å². The van der Waals surface area contributed by atoms with Gasteiger partial charge in [-0.1, -0.05) is 36.4 Å². The van der Waals surface area contributed by atoms with Crippen molar-refractivity contribution < 1.29 is 4.74 Å². The van der Waals surface area contributed by atoms with Gasteiger partial charge in [0, 0.05) is 44.7 Å². The number of hydrogen-bond acceptors (Lipinski definition) is 5. The average Bonchev–Trinajstić information content (AvgIpc) is 3.02. The molecule has 2 aliphatic rings. The van der Waals surface area contributed by atoms with E-state index in [1.807, 2.05) is 12.1 Å². The Morgan fingerprint density at radius 1 is 0.968 bits per heavy atom. The number of nitrogens with zero attached hydrogens (tertiary/aromatic N) is 3. The van der Waals surface area contributed by atoms with E-state index in [1.54, 1.807) is 7.11 Å². The molecule has 3 heterocycles. The van der Waals surface area contributed by atoms with Gasteiger partial charge in [-0.15, -0.1) is 0 Å². The van der Waals surface area contributed by atoms with Crippen LogP contribution >= 0.6 is 0 Å². The van der Waals surface area contributed by atoms with E-state index >= 15 is 0 Å². The second-order valence-corrected chi connectivity index (χ2v) is 8.38. The quantitative estimate of drug-likeness (QED) is 0.709. The lowest BCUT2D eigenvalue weighted by atomic mass is 10.0. The Labute approximate surface area is 182 Å². The van der Waals surface area contributed by atoms with Crippen LogP contribution in [0, 0.1) is 0 Å². The molecule has 2 aliphatic heterocycles. The third-order valence-electron chi connectivity index (χ3n) is 6.43. The van der Waals surface area contributed by atoms with Crippen molar-refractivity contribution in [2.45, 2.75) is 32.4 Å². The minimum Gasteiger partial charge on any atom is -0.497 e. The maximum atomic E-state index is 12.9. The van der Waals surface area contributed by atoms with Crippen molar-refractivity contribution in [2.75, 3.05) is 31.6 Å². The predicted octanol–water partition coefficient (Wildman–Crippen LogP) is 2.94. The molecule has 2 aromatic carbocycles. The molecule has 0 atom stereocenters. The van der Waals surface area contributed by atoms with Crippen molar-refractivity contribution in [2.24, 2.45) is 0 Å². The van der Waals surface area contributed by atoms with Gasteiger partial charge in [0.1, 0.15) is 5.75 Å². The Morgan fingerprint density at radius 3 is 2.55 bits per heavy atom. The predicted molar refractivity (Wildman–Crippen MR) is 122 cm³/mol. The zero-order valence-electron chi connectivity index (χ0n) is 17.9. The molecule has 0 aliphatic carbocycles. The number of H-pyrrole nitrogens is 1. The molecule has 0 spiro atoms. The fourth-order valence-electron chi connectivity index (χ4n) is 4.62. The monoisotopic (exact) mass is 416 g/mol. The van der Waals surface area contributed by atoms with E-state index in [1.165, 1.54) is 16.7 Å². The van der Waals surface area contributed by atoms with Gasteiger partial charge in [0.05, 0.1) is 12.8 Å². The summed E-state index contributed by atoms with van der Waals surface area (Å²) < 4.78 is 5.25. The second-order valence-electron chi connectivity index (χ2n) is 8.38. The average molecular weight is 417 g/mol. The molecule has 0 radical (unpaired) electrons. The highest BCUT2D eigenvalue weighted by Crippen LogP contribution is 2.23. The van der Waals surface area contributed by atoms with Crippen LogP contribution in [0.2, 0.25) is 0 Å². The number of benzene rings is 2. The molecular weight excluding hydrogens is 388 g/mol. The summed E-state index contributed by atoms with van der Waals surface area (Å²) in [4.78, 5) is 25.5. The Kier molecular flexibility index (Phi) is 5.47. The number of nitrogens with one attached hydrogen (secondary N) is 1. The summed E-state index contributed by atoms with van der Waals surface area (Å²) in [6.45, 7) is 4.30. The van der Waals surface area contributed by atoms with Crippen molar-refractivity contribution in [1.82, 2.24) is 14.9 Å². The highest BCUT2D eigenvalue weighted by molar-refractivity contribution is 5.41. The summed E-state index contributed by atoms with van der Waals surface area (Å²) in [6.07, 6.45) is 2.51. The van der Waals surface area contributed by atoms with Gasteiger partial charge < -0.3 is 9.64 Å². The number of fused-ring (bicyclic) bond motifs is 2. The molecule has 3 aromatic rings. The molecule has 0 saturated heterocycles. The number of rotatable bonds is 4. The van der Waals surface area contributed by atoms with E-state index in [0.717, 1.165) is 69.0 Å². The molecule has 160 valence electrons. The fourth-order valence-corrected chi connectivity index (χ4v) is 4.62. The summed E-state index contributed by atoms with van der Waals surface area (Å²) in [6, 6.07) is 16.7. The van der Waals surface area contributed by atoms with E-state index in [4.69, 9.17) is 9.72 Å². The van der Waals surface area contributed by atoms with Crippen LogP contribution in [-0.4, -0.2) is 41.6 Å². The largest absolute Gasteiger partial charge is 0.497 e. The van der Waals surface area contributed by atoms with Crippen molar-refractivity contribution in [3.05, 3.63) is 86.8 Å². The lowest BCUT2D eigenvalue weighted by Crippen LogP contribution is -2.34. The van der Waals surface area contributed by atoms with Gasteiger partial charge in [0.25, 0.3) is 5.56 Å². The van der Waals surface area contributed by atoms with E-state index in [9.17, 15) is 4.79 Å². The molecule has 1 aromatic heterocycles. The highest BCUT2D eigenvalue weighted by atomic mass is 16.5. The van der Waals surface area contributed by atoms with Gasteiger partial charge in [-0.25, -0.2) is 4.98 Å². The Balaban J connectivity index is 1.31. The Bertz CT molecular complexity index is 1120. The SMILES string of the molecule is COc1ccc(CN2CCc3nc(N4CCc5ccccc5C4)[nH]c(=O)c3CC2)cc1. The van der Waals surface area contributed by atoms with Crippen molar-refractivity contribution in [3.8, 4) is 5.75 Å². The third-order valence-corrected chi connectivity index (χ3v) is 6.43. The molecule has 0 bridgehead atoms. The normalized spacial score (nSPS) is 16.4. The minimum absolute atomic E-state index is 0.0187. The number of hydrogen-bond donors (Lipinski definition) is 1. The fraction of sp³-hybridized carbons (Fsp3) is 0.360. The van der Waals surface area contributed by atoms with E-state index < -0.39 is 0 Å². The van der Waals surface area contributed by atoms with Crippen molar-refractivity contribution >= 4 is 5.95 Å². The first-order valence-corrected chi connectivity index (χ1v) is 11.0. The van der Waals surface area contributed by atoms with Gasteiger partial charge in [-0.2, -0.15) is 0 Å². The first kappa shape index (κ1) is 19.8. The molecule has 1 N–H and O–H groups in total. The van der Waals surface area contributed by atoms with Crippen LogP contribution in [-0.2, 0) is 32.4 Å². The molecule has 0 amide bonds. The highest BCUT2D eigenvalue weighted by Gasteiger charge is 2.22. The van der Waals surface area contributed by atoms with Crippen LogP contribution < -0.4 is 15.2 Å². The molecule has 6 heteroatoms. The number of methoxy groups -OCH3 is 1. The van der Waals surface area contributed by atoms with Crippen molar-refractivity contribution in [1.29, 1.82) is 0 Å². The van der Waals surface area contributed by atoms with Crippen LogP contribution in [0.4, 0.5) is 5.95 Å². The van der Waals surface area contributed by atoms with Crippen LogP contribution in [0.15, 0.2) is 53.3 Å².